The normalized spacial score (nSPS) is 26.6. The first-order valence-corrected chi connectivity index (χ1v) is 6.12. The second-order valence-electron chi connectivity index (χ2n) is 4.40. The molecule has 1 heterocycles. The maximum atomic E-state index is 11.6. The Morgan fingerprint density at radius 2 is 2.35 bits per heavy atom. The highest BCUT2D eigenvalue weighted by Crippen LogP contribution is 2.23. The quantitative estimate of drug-likeness (QED) is 0.558. The Bertz CT molecular complexity index is 298. The number of carbonyl (C=O) groups excluding carboxylic acids is 2. The van der Waals surface area contributed by atoms with Crippen LogP contribution in [0.1, 0.15) is 39.5 Å². The van der Waals surface area contributed by atoms with Crippen molar-refractivity contribution in [2.45, 2.75) is 51.7 Å². The number of cyclic esters (lactones) is 1. The molecule has 0 radical (unpaired) electrons. The molecule has 3 atom stereocenters. The van der Waals surface area contributed by atoms with E-state index in [1.807, 2.05) is 13.8 Å². The molecule has 0 N–H and O–H groups in total. The Hall–Kier alpha value is -1.32. The van der Waals surface area contributed by atoms with E-state index < -0.39 is 5.97 Å². The first kappa shape index (κ1) is 13.7. The third-order valence-corrected chi connectivity index (χ3v) is 3.05. The molecule has 0 saturated carbocycles. The first-order valence-electron chi connectivity index (χ1n) is 6.12. The van der Waals surface area contributed by atoms with Crippen LogP contribution in [0, 0.1) is 5.92 Å². The van der Waals surface area contributed by atoms with Crippen molar-refractivity contribution in [2.24, 2.45) is 5.92 Å². The molecule has 0 aromatic rings. The zero-order valence-electron chi connectivity index (χ0n) is 10.5. The fourth-order valence-electron chi connectivity index (χ4n) is 1.95. The highest BCUT2D eigenvalue weighted by Gasteiger charge is 2.31. The number of hydrogen-bond acceptors (Lipinski definition) is 4. The van der Waals surface area contributed by atoms with E-state index in [2.05, 4.69) is 6.58 Å². The van der Waals surface area contributed by atoms with Crippen molar-refractivity contribution in [3.63, 3.8) is 0 Å². The molecule has 1 aliphatic heterocycles. The van der Waals surface area contributed by atoms with Crippen molar-refractivity contribution >= 4 is 11.9 Å². The molecule has 1 aliphatic rings. The van der Waals surface area contributed by atoms with Crippen molar-refractivity contribution in [3.8, 4) is 0 Å². The topological polar surface area (TPSA) is 52.6 Å². The summed E-state index contributed by atoms with van der Waals surface area (Å²) in [5, 5.41) is 0. The van der Waals surface area contributed by atoms with Crippen LogP contribution in [0.2, 0.25) is 0 Å². The zero-order valence-corrected chi connectivity index (χ0v) is 10.5. The molecule has 0 spiro atoms. The standard InChI is InChI=1S/C13H20O4/c1-4-10(16-12(14)5-2)11-8-6-7-9(3)13(15)17-11/h5,9-11H,2,4,6-8H2,1,3H3. The van der Waals surface area contributed by atoms with Crippen LogP contribution in [0.25, 0.3) is 0 Å². The summed E-state index contributed by atoms with van der Waals surface area (Å²) in [5.41, 5.74) is 0. The van der Waals surface area contributed by atoms with Gasteiger partial charge in [-0.25, -0.2) is 4.79 Å². The van der Waals surface area contributed by atoms with Crippen molar-refractivity contribution in [2.75, 3.05) is 0 Å². The summed E-state index contributed by atoms with van der Waals surface area (Å²) in [7, 11) is 0. The van der Waals surface area contributed by atoms with Gasteiger partial charge in [-0.2, -0.15) is 0 Å². The van der Waals surface area contributed by atoms with Gasteiger partial charge in [0, 0.05) is 6.08 Å². The molecule has 4 nitrogen and oxygen atoms in total. The molecule has 0 bridgehead atoms. The summed E-state index contributed by atoms with van der Waals surface area (Å²) >= 11 is 0. The minimum absolute atomic E-state index is 0.0624. The lowest BCUT2D eigenvalue weighted by Crippen LogP contribution is -2.34. The number of rotatable bonds is 4. The van der Waals surface area contributed by atoms with E-state index in [1.54, 1.807) is 0 Å². The van der Waals surface area contributed by atoms with E-state index in [0.717, 1.165) is 25.3 Å². The van der Waals surface area contributed by atoms with E-state index in [0.29, 0.717) is 6.42 Å². The molecule has 0 aromatic heterocycles. The number of ether oxygens (including phenoxy) is 2. The van der Waals surface area contributed by atoms with Gasteiger partial charge in [0.25, 0.3) is 0 Å². The molecule has 1 fully saturated rings. The van der Waals surface area contributed by atoms with Crippen LogP contribution in [0.3, 0.4) is 0 Å². The van der Waals surface area contributed by atoms with Gasteiger partial charge >= 0.3 is 11.9 Å². The van der Waals surface area contributed by atoms with Crippen molar-refractivity contribution < 1.29 is 19.1 Å². The van der Waals surface area contributed by atoms with Crippen LogP contribution in [0.5, 0.6) is 0 Å². The smallest absolute Gasteiger partial charge is 0.330 e. The maximum absolute atomic E-state index is 11.6. The van der Waals surface area contributed by atoms with Gasteiger partial charge in [0.2, 0.25) is 0 Å². The zero-order chi connectivity index (χ0) is 12.8. The van der Waals surface area contributed by atoms with Crippen LogP contribution >= 0.6 is 0 Å². The average molecular weight is 240 g/mol. The highest BCUT2D eigenvalue weighted by molar-refractivity contribution is 5.81. The Kier molecular flexibility index (Phi) is 5.19. The van der Waals surface area contributed by atoms with Crippen LogP contribution in [0.15, 0.2) is 12.7 Å². The molecule has 1 rings (SSSR count). The van der Waals surface area contributed by atoms with Crippen molar-refractivity contribution in [3.05, 3.63) is 12.7 Å². The number of hydrogen-bond donors (Lipinski definition) is 0. The third kappa shape index (κ3) is 3.88. The molecule has 3 unspecified atom stereocenters. The van der Waals surface area contributed by atoms with E-state index in [4.69, 9.17) is 9.47 Å². The van der Waals surface area contributed by atoms with Crippen LogP contribution in [-0.2, 0) is 19.1 Å². The third-order valence-electron chi connectivity index (χ3n) is 3.05. The predicted molar refractivity (Wildman–Crippen MR) is 63.3 cm³/mol. The minimum Gasteiger partial charge on any atom is -0.458 e. The molecule has 96 valence electrons. The first-order chi connectivity index (χ1) is 8.08. The Balaban J connectivity index is 2.64. The number of esters is 2. The Labute approximate surface area is 102 Å². The molecule has 0 aromatic carbocycles. The average Bonchev–Trinajstić information content (AvgIpc) is 2.49. The molecule has 17 heavy (non-hydrogen) atoms. The number of carbonyl (C=O) groups is 2. The minimum atomic E-state index is -0.467. The molecule has 4 heteroatoms. The summed E-state index contributed by atoms with van der Waals surface area (Å²) in [5.74, 6) is -0.724. The summed E-state index contributed by atoms with van der Waals surface area (Å²) < 4.78 is 10.6. The van der Waals surface area contributed by atoms with E-state index in [1.165, 1.54) is 0 Å². The van der Waals surface area contributed by atoms with Gasteiger partial charge in [0.05, 0.1) is 5.92 Å². The van der Waals surface area contributed by atoms with Gasteiger partial charge in [-0.3, -0.25) is 4.79 Å². The van der Waals surface area contributed by atoms with Crippen LogP contribution in [-0.4, -0.2) is 24.1 Å². The van der Waals surface area contributed by atoms with Gasteiger partial charge in [0.1, 0.15) is 12.2 Å². The molecule has 0 aliphatic carbocycles. The Morgan fingerprint density at radius 3 is 2.94 bits per heavy atom. The van der Waals surface area contributed by atoms with E-state index >= 15 is 0 Å². The second-order valence-corrected chi connectivity index (χ2v) is 4.40. The van der Waals surface area contributed by atoms with E-state index in [9.17, 15) is 9.59 Å². The lowest BCUT2D eigenvalue weighted by atomic mass is 10.0. The highest BCUT2D eigenvalue weighted by atomic mass is 16.6. The summed E-state index contributed by atoms with van der Waals surface area (Å²) in [4.78, 5) is 22.8. The largest absolute Gasteiger partial charge is 0.458 e. The van der Waals surface area contributed by atoms with Crippen molar-refractivity contribution in [1.82, 2.24) is 0 Å². The maximum Gasteiger partial charge on any atom is 0.330 e. The monoisotopic (exact) mass is 240 g/mol. The van der Waals surface area contributed by atoms with Gasteiger partial charge in [-0.1, -0.05) is 20.4 Å². The van der Waals surface area contributed by atoms with E-state index in [-0.39, 0.29) is 24.1 Å². The van der Waals surface area contributed by atoms with Crippen LogP contribution in [0.4, 0.5) is 0 Å². The molecular weight excluding hydrogens is 220 g/mol. The Morgan fingerprint density at radius 1 is 1.65 bits per heavy atom. The van der Waals surface area contributed by atoms with Crippen molar-refractivity contribution in [1.29, 1.82) is 0 Å². The lowest BCUT2D eigenvalue weighted by Gasteiger charge is -2.24. The van der Waals surface area contributed by atoms with Crippen LogP contribution < -0.4 is 0 Å². The molecule has 1 saturated heterocycles. The summed E-state index contributed by atoms with van der Waals surface area (Å²) in [6.07, 6.45) is 3.58. The summed E-state index contributed by atoms with van der Waals surface area (Å²) in [6.45, 7) is 7.12. The molecule has 0 amide bonds. The van der Waals surface area contributed by atoms with Gasteiger partial charge in [0.15, 0.2) is 0 Å². The second kappa shape index (κ2) is 6.42. The molecular formula is C13H20O4. The predicted octanol–water partition coefficient (Wildman–Crippen LogP) is 2.23. The summed E-state index contributed by atoms with van der Waals surface area (Å²) in [6, 6.07) is 0. The van der Waals surface area contributed by atoms with Gasteiger partial charge in [-0.15, -0.1) is 0 Å². The lowest BCUT2D eigenvalue weighted by molar-refractivity contribution is -0.166. The fraction of sp³-hybridized carbons (Fsp3) is 0.692. The van der Waals surface area contributed by atoms with Gasteiger partial charge < -0.3 is 9.47 Å². The fourth-order valence-corrected chi connectivity index (χ4v) is 1.95. The SMILES string of the molecule is C=CC(=O)OC(CC)C1CCCC(C)C(=O)O1. The van der Waals surface area contributed by atoms with Gasteiger partial charge in [-0.05, 0) is 25.7 Å².